The number of nitrogens with zero attached hydrogens (tertiary/aromatic N) is 5. The maximum Gasteiger partial charge on any atom is 0.137 e. The van der Waals surface area contributed by atoms with Gasteiger partial charge >= 0.3 is 0 Å². The molecule has 6 aromatic heterocycles. The van der Waals surface area contributed by atoms with Crippen LogP contribution in [0.3, 0.4) is 0 Å². The summed E-state index contributed by atoms with van der Waals surface area (Å²) in [5.74, 6) is 0.889. The summed E-state index contributed by atoms with van der Waals surface area (Å²) in [7, 11) is 0. The summed E-state index contributed by atoms with van der Waals surface area (Å²) in [5, 5.41) is 12.4. The minimum absolute atomic E-state index is 0.889. The molecule has 6 aromatic carbocycles. The molecule has 5 heteroatoms. The fourth-order valence-electron chi connectivity index (χ4n) is 8.67. The second kappa shape index (κ2) is 9.00. The van der Waals surface area contributed by atoms with Gasteiger partial charge in [0.05, 0.1) is 56.7 Å². The Morgan fingerprint density at radius 2 is 1.06 bits per heavy atom. The first kappa shape index (κ1) is 25.4. The summed E-state index contributed by atoms with van der Waals surface area (Å²) in [6.45, 7) is 0. The Labute approximate surface area is 278 Å². The summed E-state index contributed by atoms with van der Waals surface area (Å²) < 4.78 is 7.12. The number of fused-ring (bicyclic) bond motifs is 14. The molecule has 6 heterocycles. The summed E-state index contributed by atoms with van der Waals surface area (Å²) >= 11 is 0. The van der Waals surface area contributed by atoms with Crippen molar-refractivity contribution in [1.82, 2.24) is 23.5 Å². The Bertz CT molecular complexity index is 3270. The lowest BCUT2D eigenvalue weighted by atomic mass is 10.0. The molecule has 226 valence electrons. The van der Waals surface area contributed by atoms with Crippen LogP contribution >= 0.6 is 0 Å². The average Bonchev–Trinajstić information content (AvgIpc) is 3.88. The Kier molecular flexibility index (Phi) is 4.66. The highest BCUT2D eigenvalue weighted by Crippen LogP contribution is 2.46. The summed E-state index contributed by atoms with van der Waals surface area (Å²) in [5.41, 5.74) is 9.28. The van der Waals surface area contributed by atoms with Gasteiger partial charge < -0.3 is 8.97 Å². The van der Waals surface area contributed by atoms with Crippen molar-refractivity contribution in [2.45, 2.75) is 0 Å². The molecular weight excluding hydrogens is 599 g/mol. The van der Waals surface area contributed by atoms with Crippen LogP contribution in [0.5, 0.6) is 0 Å². The summed E-state index contributed by atoms with van der Waals surface area (Å²) in [6, 6.07) is 48.4. The molecule has 5 nitrogen and oxygen atoms in total. The highest BCUT2D eigenvalue weighted by molar-refractivity contribution is 6.34. The first-order valence-corrected chi connectivity index (χ1v) is 16.7. The number of aromatic nitrogens is 5. The fourth-order valence-corrected chi connectivity index (χ4v) is 8.67. The molecule has 0 saturated heterocycles. The van der Waals surface area contributed by atoms with Crippen molar-refractivity contribution in [3.05, 3.63) is 152 Å². The summed E-state index contributed by atoms with van der Waals surface area (Å²) in [4.78, 5) is 9.74. The SMILES string of the molecule is c1ccc2cc3c(cc2c1)c1cc2c4ccccc4n4c5ccccc5c(c1n3-c1ccc(-n3c5ccccc5c5ccncc53)cn1)c24. The second-order valence-corrected chi connectivity index (χ2v) is 13.1. The van der Waals surface area contributed by atoms with Crippen molar-refractivity contribution in [2.24, 2.45) is 0 Å². The molecule has 0 saturated carbocycles. The van der Waals surface area contributed by atoms with E-state index >= 15 is 0 Å². The highest BCUT2D eigenvalue weighted by atomic mass is 15.1. The molecule has 12 rings (SSSR count). The molecule has 0 aliphatic heterocycles. The van der Waals surface area contributed by atoms with Gasteiger partial charge in [0.2, 0.25) is 0 Å². The van der Waals surface area contributed by atoms with Crippen LogP contribution in [-0.2, 0) is 0 Å². The predicted octanol–water partition coefficient (Wildman–Crippen LogP) is 11.0. The molecule has 0 bridgehead atoms. The molecular formula is C44H25N5. The van der Waals surface area contributed by atoms with Crippen molar-refractivity contribution in [3.8, 4) is 11.5 Å². The van der Waals surface area contributed by atoms with Gasteiger partial charge in [0.1, 0.15) is 5.82 Å². The fraction of sp³-hybridized carbons (Fsp3) is 0. The van der Waals surface area contributed by atoms with E-state index in [1.54, 1.807) is 0 Å². The van der Waals surface area contributed by atoms with Crippen LogP contribution in [0.25, 0.3) is 104 Å². The molecule has 0 aliphatic carbocycles. The molecule has 49 heavy (non-hydrogen) atoms. The second-order valence-electron chi connectivity index (χ2n) is 13.1. The van der Waals surface area contributed by atoms with Gasteiger partial charge in [-0.05, 0) is 65.4 Å². The van der Waals surface area contributed by atoms with Crippen molar-refractivity contribution < 1.29 is 0 Å². The van der Waals surface area contributed by atoms with E-state index in [2.05, 4.69) is 152 Å². The zero-order valence-corrected chi connectivity index (χ0v) is 26.2. The van der Waals surface area contributed by atoms with Gasteiger partial charge in [-0.25, -0.2) is 4.98 Å². The quantitative estimate of drug-likeness (QED) is 0.192. The van der Waals surface area contributed by atoms with E-state index in [1.807, 2.05) is 18.6 Å². The maximum absolute atomic E-state index is 5.26. The zero-order chi connectivity index (χ0) is 31.8. The molecule has 0 spiro atoms. The molecule has 0 unspecified atom stereocenters. The van der Waals surface area contributed by atoms with E-state index in [0.717, 1.165) is 28.1 Å². The first-order chi connectivity index (χ1) is 24.3. The smallest absolute Gasteiger partial charge is 0.137 e. The predicted molar refractivity (Wildman–Crippen MR) is 203 cm³/mol. The van der Waals surface area contributed by atoms with Crippen molar-refractivity contribution >= 4 is 92.5 Å². The Hall–Kier alpha value is -6.72. The zero-order valence-electron chi connectivity index (χ0n) is 26.2. The van der Waals surface area contributed by atoms with Gasteiger partial charge in [-0.1, -0.05) is 78.9 Å². The Balaban J connectivity index is 1.23. The minimum atomic E-state index is 0.889. The standard InChI is InChI=1S/C44H25N5/c1-2-10-27-22-39-33(21-26(27)9-1)35-23-34-30-12-4-7-15-37(30)48-38-16-8-5-13-32(38)42(43(34)48)44(35)49(39)41-18-17-28(24-46-41)47-36-14-6-3-11-29(36)31-19-20-45-25-40(31)47/h1-25H. The third-order valence-electron chi connectivity index (χ3n) is 10.7. The number of benzene rings is 6. The van der Waals surface area contributed by atoms with Gasteiger partial charge in [0, 0.05) is 49.3 Å². The number of rotatable bonds is 2. The number of para-hydroxylation sites is 3. The van der Waals surface area contributed by atoms with E-state index in [0.29, 0.717) is 0 Å². The Morgan fingerprint density at radius 1 is 0.408 bits per heavy atom. The van der Waals surface area contributed by atoms with E-state index in [4.69, 9.17) is 4.98 Å². The largest absolute Gasteiger partial charge is 0.308 e. The van der Waals surface area contributed by atoms with Crippen LogP contribution in [0.1, 0.15) is 0 Å². The van der Waals surface area contributed by atoms with Gasteiger partial charge in [-0.15, -0.1) is 0 Å². The monoisotopic (exact) mass is 623 g/mol. The van der Waals surface area contributed by atoms with Crippen LogP contribution in [0.4, 0.5) is 0 Å². The molecule has 0 radical (unpaired) electrons. The van der Waals surface area contributed by atoms with Gasteiger partial charge in [-0.2, -0.15) is 0 Å². The minimum Gasteiger partial charge on any atom is -0.308 e. The van der Waals surface area contributed by atoms with Gasteiger partial charge in [-0.3, -0.25) is 9.55 Å². The van der Waals surface area contributed by atoms with Crippen LogP contribution in [0, 0.1) is 0 Å². The van der Waals surface area contributed by atoms with Crippen molar-refractivity contribution in [3.63, 3.8) is 0 Å². The lowest BCUT2D eigenvalue weighted by Gasteiger charge is -2.11. The van der Waals surface area contributed by atoms with E-state index in [-0.39, 0.29) is 0 Å². The topological polar surface area (TPSA) is 40.0 Å². The van der Waals surface area contributed by atoms with E-state index in [9.17, 15) is 0 Å². The number of pyridine rings is 2. The molecule has 0 N–H and O–H groups in total. The van der Waals surface area contributed by atoms with Gasteiger partial charge in [0.25, 0.3) is 0 Å². The van der Waals surface area contributed by atoms with E-state index in [1.165, 1.54) is 75.9 Å². The lowest BCUT2D eigenvalue weighted by molar-refractivity contribution is 1.06. The molecule has 12 aromatic rings. The van der Waals surface area contributed by atoms with Crippen molar-refractivity contribution in [2.75, 3.05) is 0 Å². The van der Waals surface area contributed by atoms with Gasteiger partial charge in [0.15, 0.2) is 0 Å². The van der Waals surface area contributed by atoms with Crippen LogP contribution < -0.4 is 0 Å². The van der Waals surface area contributed by atoms with Crippen LogP contribution in [0.15, 0.2) is 152 Å². The number of hydrogen-bond donors (Lipinski definition) is 0. The molecule has 0 atom stereocenters. The average molecular weight is 624 g/mol. The lowest BCUT2D eigenvalue weighted by Crippen LogP contribution is -2.00. The highest BCUT2D eigenvalue weighted by Gasteiger charge is 2.25. The third-order valence-corrected chi connectivity index (χ3v) is 10.7. The van der Waals surface area contributed by atoms with Crippen LogP contribution in [-0.4, -0.2) is 23.5 Å². The van der Waals surface area contributed by atoms with E-state index < -0.39 is 0 Å². The first-order valence-electron chi connectivity index (χ1n) is 16.7. The number of hydrogen-bond acceptors (Lipinski definition) is 2. The molecule has 0 aliphatic rings. The third kappa shape index (κ3) is 3.15. The summed E-state index contributed by atoms with van der Waals surface area (Å²) in [6.07, 6.45) is 5.83. The maximum atomic E-state index is 5.26. The molecule has 0 fully saturated rings. The Morgan fingerprint density at radius 3 is 1.86 bits per heavy atom. The van der Waals surface area contributed by atoms with Crippen molar-refractivity contribution in [1.29, 1.82) is 0 Å². The normalized spacial score (nSPS) is 12.5. The molecule has 0 amide bonds. The van der Waals surface area contributed by atoms with Crippen LogP contribution in [0.2, 0.25) is 0 Å².